The number of amides is 2. The fourth-order valence-corrected chi connectivity index (χ4v) is 3.98. The Labute approximate surface area is 194 Å². The largest absolute Gasteiger partial charge is 0.481 e. The van der Waals surface area contributed by atoms with Crippen molar-refractivity contribution < 1.29 is 28.6 Å². The molecule has 0 spiro atoms. The second-order valence-electron chi connectivity index (χ2n) is 7.81. The Morgan fingerprint density at radius 1 is 1.00 bits per heavy atom. The fraction of sp³-hybridized carbons (Fsp3) is 0.200. The van der Waals surface area contributed by atoms with Crippen molar-refractivity contribution in [2.75, 3.05) is 11.9 Å². The lowest BCUT2D eigenvalue weighted by Gasteiger charge is -2.19. The lowest BCUT2D eigenvalue weighted by molar-refractivity contribution is -0.137. The Morgan fingerprint density at radius 3 is 2.24 bits per heavy atom. The van der Waals surface area contributed by atoms with Crippen LogP contribution >= 0.6 is 0 Å². The molecule has 3 aromatic rings. The first-order valence-electron chi connectivity index (χ1n) is 10.7. The Balaban J connectivity index is 1.42. The highest BCUT2D eigenvalue weighted by molar-refractivity contribution is 5.96. The number of carboxylic acid groups (broad SMARTS) is 1. The molecule has 174 valence electrons. The van der Waals surface area contributed by atoms with Gasteiger partial charge < -0.3 is 20.5 Å². The highest BCUT2D eigenvalue weighted by Crippen LogP contribution is 2.44. The number of aliphatic carboxylic acids is 1. The lowest BCUT2D eigenvalue weighted by Crippen LogP contribution is -2.44. The van der Waals surface area contributed by atoms with Crippen LogP contribution in [0.2, 0.25) is 0 Å². The highest BCUT2D eigenvalue weighted by Gasteiger charge is 2.30. The van der Waals surface area contributed by atoms with Crippen LogP contribution < -0.4 is 10.6 Å². The van der Waals surface area contributed by atoms with Gasteiger partial charge in [0.05, 0.1) is 6.20 Å². The van der Waals surface area contributed by atoms with Crippen LogP contribution in [0.4, 0.5) is 15.0 Å². The van der Waals surface area contributed by atoms with E-state index in [2.05, 4.69) is 15.6 Å². The third-order valence-electron chi connectivity index (χ3n) is 5.58. The van der Waals surface area contributed by atoms with E-state index in [1.807, 2.05) is 48.5 Å². The number of carboxylic acids is 1. The number of carbonyl (C=O) groups is 3. The molecule has 1 aliphatic rings. The number of anilines is 1. The van der Waals surface area contributed by atoms with Crippen molar-refractivity contribution >= 4 is 23.8 Å². The van der Waals surface area contributed by atoms with Crippen LogP contribution in [0.25, 0.3) is 11.1 Å². The molecule has 1 atom stereocenters. The second kappa shape index (κ2) is 10.1. The van der Waals surface area contributed by atoms with Gasteiger partial charge in [0.2, 0.25) is 5.91 Å². The van der Waals surface area contributed by atoms with Crippen molar-refractivity contribution in [3.63, 3.8) is 0 Å². The predicted octanol–water partition coefficient (Wildman–Crippen LogP) is 3.93. The lowest BCUT2D eigenvalue weighted by atomic mass is 9.98. The zero-order valence-corrected chi connectivity index (χ0v) is 18.0. The number of nitrogens with one attached hydrogen (secondary N) is 2. The molecule has 1 unspecified atom stereocenters. The number of benzene rings is 2. The SMILES string of the molecule is O=C(O)CCC(NC(=O)OCC1c2ccccc2-c2ccccc21)C(=O)Nc1ccc(F)cn1. The molecule has 1 aliphatic carbocycles. The van der Waals surface area contributed by atoms with Crippen molar-refractivity contribution in [3.05, 3.63) is 83.8 Å². The molecule has 1 heterocycles. The molecule has 0 saturated carbocycles. The molecule has 8 nitrogen and oxygen atoms in total. The van der Waals surface area contributed by atoms with E-state index in [4.69, 9.17) is 9.84 Å². The quantitative estimate of drug-likeness (QED) is 0.466. The summed E-state index contributed by atoms with van der Waals surface area (Å²) in [7, 11) is 0. The number of alkyl carbamates (subject to hydrolysis) is 1. The van der Waals surface area contributed by atoms with Gasteiger partial charge in [-0.1, -0.05) is 48.5 Å². The maximum atomic E-state index is 13.0. The van der Waals surface area contributed by atoms with Crippen LogP contribution in [0.3, 0.4) is 0 Å². The van der Waals surface area contributed by atoms with Gasteiger partial charge >= 0.3 is 12.1 Å². The monoisotopic (exact) mass is 463 g/mol. The molecular formula is C25H22FN3O5. The van der Waals surface area contributed by atoms with E-state index in [9.17, 15) is 18.8 Å². The summed E-state index contributed by atoms with van der Waals surface area (Å²) >= 11 is 0. The van der Waals surface area contributed by atoms with E-state index in [1.165, 1.54) is 6.07 Å². The van der Waals surface area contributed by atoms with Crippen LogP contribution in [0.15, 0.2) is 66.9 Å². The molecule has 0 saturated heterocycles. The zero-order valence-electron chi connectivity index (χ0n) is 18.0. The number of carbonyl (C=O) groups excluding carboxylic acids is 2. The molecule has 0 aliphatic heterocycles. The number of hydrogen-bond donors (Lipinski definition) is 3. The molecule has 2 aromatic carbocycles. The normalized spacial score (nSPS) is 12.9. The topological polar surface area (TPSA) is 118 Å². The van der Waals surface area contributed by atoms with Crippen molar-refractivity contribution in [1.29, 1.82) is 0 Å². The first-order valence-corrected chi connectivity index (χ1v) is 10.7. The van der Waals surface area contributed by atoms with Gasteiger partial charge in [-0.3, -0.25) is 9.59 Å². The van der Waals surface area contributed by atoms with Crippen molar-refractivity contribution in [3.8, 4) is 11.1 Å². The summed E-state index contributed by atoms with van der Waals surface area (Å²) in [6.07, 6.45) is -0.425. The van der Waals surface area contributed by atoms with Gasteiger partial charge in [0, 0.05) is 12.3 Å². The summed E-state index contributed by atoms with van der Waals surface area (Å²) in [6.45, 7) is 0.0483. The Morgan fingerprint density at radius 2 is 1.65 bits per heavy atom. The minimum absolute atomic E-state index is 0.0483. The van der Waals surface area contributed by atoms with Crippen LogP contribution in [-0.2, 0) is 14.3 Å². The zero-order chi connectivity index (χ0) is 24.1. The summed E-state index contributed by atoms with van der Waals surface area (Å²) in [6, 6.07) is 17.0. The van der Waals surface area contributed by atoms with E-state index in [1.54, 1.807) is 0 Å². The van der Waals surface area contributed by atoms with E-state index in [0.29, 0.717) is 0 Å². The molecule has 0 bridgehead atoms. The second-order valence-corrected chi connectivity index (χ2v) is 7.81. The number of aromatic nitrogens is 1. The molecule has 9 heteroatoms. The highest BCUT2D eigenvalue weighted by atomic mass is 19.1. The van der Waals surface area contributed by atoms with E-state index in [0.717, 1.165) is 34.5 Å². The van der Waals surface area contributed by atoms with Crippen molar-refractivity contribution in [1.82, 2.24) is 10.3 Å². The molecule has 34 heavy (non-hydrogen) atoms. The minimum atomic E-state index is -1.18. The third kappa shape index (κ3) is 5.20. The summed E-state index contributed by atoms with van der Waals surface area (Å²) in [5, 5.41) is 13.9. The summed E-state index contributed by atoms with van der Waals surface area (Å²) in [4.78, 5) is 39.9. The fourth-order valence-electron chi connectivity index (χ4n) is 3.98. The standard InChI is InChI=1S/C25H22FN3O5/c26-15-9-11-22(27-13-15)29-24(32)21(10-12-23(30)31)28-25(33)34-14-20-18-7-3-1-5-16(18)17-6-2-4-8-19(17)20/h1-9,11,13,20-21H,10,12,14H2,(H,28,33)(H,30,31)(H,27,29,32). The average Bonchev–Trinajstić information content (AvgIpc) is 3.15. The number of pyridine rings is 1. The van der Waals surface area contributed by atoms with Crippen LogP contribution in [-0.4, -0.2) is 40.7 Å². The van der Waals surface area contributed by atoms with Gasteiger partial charge in [-0.15, -0.1) is 0 Å². The Bertz CT molecular complexity index is 1170. The van der Waals surface area contributed by atoms with Crippen LogP contribution in [0.1, 0.15) is 29.9 Å². The number of halogens is 1. The summed E-state index contributed by atoms with van der Waals surface area (Å²) in [5.74, 6) is -2.47. The smallest absolute Gasteiger partial charge is 0.407 e. The first-order chi connectivity index (χ1) is 16.4. The van der Waals surface area contributed by atoms with Gasteiger partial charge in [0.15, 0.2) is 0 Å². The summed E-state index contributed by atoms with van der Waals surface area (Å²) in [5.41, 5.74) is 4.24. The predicted molar refractivity (Wildman–Crippen MR) is 122 cm³/mol. The molecule has 4 rings (SSSR count). The van der Waals surface area contributed by atoms with E-state index in [-0.39, 0.29) is 31.2 Å². The van der Waals surface area contributed by atoms with Gasteiger partial charge in [0.25, 0.3) is 0 Å². The molecule has 0 fully saturated rings. The molecule has 0 radical (unpaired) electrons. The maximum absolute atomic E-state index is 13.0. The maximum Gasteiger partial charge on any atom is 0.407 e. The number of fused-ring (bicyclic) bond motifs is 3. The number of hydrogen-bond acceptors (Lipinski definition) is 5. The average molecular weight is 463 g/mol. The minimum Gasteiger partial charge on any atom is -0.481 e. The number of rotatable bonds is 8. The van der Waals surface area contributed by atoms with Crippen LogP contribution in [0.5, 0.6) is 0 Å². The van der Waals surface area contributed by atoms with Gasteiger partial charge in [-0.05, 0) is 40.8 Å². The van der Waals surface area contributed by atoms with Crippen molar-refractivity contribution in [2.24, 2.45) is 0 Å². The molecular weight excluding hydrogens is 441 g/mol. The van der Waals surface area contributed by atoms with Crippen molar-refractivity contribution in [2.45, 2.75) is 24.8 Å². The van der Waals surface area contributed by atoms with Gasteiger partial charge in [-0.2, -0.15) is 0 Å². The Kier molecular flexibility index (Phi) is 6.82. The Hall–Kier alpha value is -4.27. The van der Waals surface area contributed by atoms with Gasteiger partial charge in [0.1, 0.15) is 24.3 Å². The summed E-state index contributed by atoms with van der Waals surface area (Å²) < 4.78 is 18.5. The first kappa shape index (κ1) is 22.9. The van der Waals surface area contributed by atoms with Gasteiger partial charge in [-0.25, -0.2) is 14.2 Å². The molecule has 1 aromatic heterocycles. The number of nitrogens with zero attached hydrogens (tertiary/aromatic N) is 1. The van der Waals surface area contributed by atoms with Crippen LogP contribution in [0, 0.1) is 5.82 Å². The number of ether oxygens (including phenoxy) is 1. The molecule has 3 N–H and O–H groups in total. The molecule has 2 amide bonds. The van der Waals surface area contributed by atoms with E-state index >= 15 is 0 Å². The third-order valence-corrected chi connectivity index (χ3v) is 5.58. The van der Waals surface area contributed by atoms with E-state index < -0.39 is 29.8 Å².